The highest BCUT2D eigenvalue weighted by atomic mass is 35.5. The Balaban J connectivity index is 2.07. The second kappa shape index (κ2) is 13.5. The summed E-state index contributed by atoms with van der Waals surface area (Å²) < 4.78 is 28.8. The molecule has 0 aliphatic carbocycles. The maximum atomic E-state index is 14.0. The number of sulfonamides is 1. The molecule has 0 radical (unpaired) electrons. The van der Waals surface area contributed by atoms with Crippen LogP contribution in [0.4, 0.5) is 5.69 Å². The summed E-state index contributed by atoms with van der Waals surface area (Å²) in [6, 6.07) is 17.6. The number of rotatable bonds is 11. The highest BCUT2D eigenvalue weighted by Gasteiger charge is 2.33. The number of nitrogens with zero attached hydrogens (tertiary/aromatic N) is 2. The number of hydrogen-bond donors (Lipinski definition) is 1. The molecule has 0 aliphatic rings. The molecule has 40 heavy (non-hydrogen) atoms. The quantitative estimate of drug-likeness (QED) is 0.291. The zero-order chi connectivity index (χ0) is 29.6. The van der Waals surface area contributed by atoms with Crippen molar-refractivity contribution >= 4 is 50.7 Å². The van der Waals surface area contributed by atoms with Gasteiger partial charge in [-0.2, -0.15) is 0 Å². The van der Waals surface area contributed by atoms with E-state index in [9.17, 15) is 18.0 Å². The summed E-state index contributed by atoms with van der Waals surface area (Å²) >= 11 is 12.7. The first-order chi connectivity index (χ1) is 18.8. The molecule has 7 nitrogen and oxygen atoms in total. The standard InChI is InChI=1S/C30H35Cl2N3O4S/c1-20(2)17-33-30(37)23(5)34(18-24-10-7-6-9-22(24)4)28(36)19-35(27-12-8-11-26(31)29(27)32)40(38,39)25-15-13-21(3)14-16-25/h6-16,20,23H,17-19H2,1-5H3,(H,33,37)/t23-/m0/s1. The van der Waals surface area contributed by atoms with Gasteiger partial charge in [0.2, 0.25) is 11.8 Å². The number of nitrogens with one attached hydrogen (secondary N) is 1. The highest BCUT2D eigenvalue weighted by molar-refractivity contribution is 7.92. The summed E-state index contributed by atoms with van der Waals surface area (Å²) in [5.74, 6) is -0.677. The number of hydrogen-bond acceptors (Lipinski definition) is 4. The van der Waals surface area contributed by atoms with E-state index in [1.165, 1.54) is 29.2 Å². The number of aryl methyl sites for hydroxylation is 2. The van der Waals surface area contributed by atoms with E-state index in [2.05, 4.69) is 5.32 Å². The van der Waals surface area contributed by atoms with Crippen LogP contribution in [0.3, 0.4) is 0 Å². The van der Waals surface area contributed by atoms with Crippen LogP contribution in [-0.2, 0) is 26.2 Å². The summed E-state index contributed by atoms with van der Waals surface area (Å²) in [4.78, 5) is 28.5. The van der Waals surface area contributed by atoms with Gasteiger partial charge < -0.3 is 10.2 Å². The van der Waals surface area contributed by atoms with Crippen molar-refractivity contribution < 1.29 is 18.0 Å². The maximum absolute atomic E-state index is 14.0. The molecule has 0 bridgehead atoms. The molecule has 0 aromatic heterocycles. The van der Waals surface area contributed by atoms with Crippen LogP contribution in [0.5, 0.6) is 0 Å². The lowest BCUT2D eigenvalue weighted by Gasteiger charge is -2.32. The Morgan fingerprint density at radius 3 is 2.17 bits per heavy atom. The SMILES string of the molecule is Cc1ccc(S(=O)(=O)N(CC(=O)N(Cc2ccccc2C)[C@@H](C)C(=O)NCC(C)C)c2cccc(Cl)c2Cl)cc1. The summed E-state index contributed by atoms with van der Waals surface area (Å²) in [7, 11) is -4.24. The lowest BCUT2D eigenvalue weighted by molar-refractivity contribution is -0.139. The number of carbonyl (C=O) groups excluding carboxylic acids is 2. The van der Waals surface area contributed by atoms with Crippen molar-refractivity contribution in [2.45, 2.75) is 52.1 Å². The first kappa shape index (κ1) is 31.5. The fraction of sp³-hybridized carbons (Fsp3) is 0.333. The Morgan fingerprint density at radius 1 is 0.900 bits per heavy atom. The van der Waals surface area contributed by atoms with Gasteiger partial charge in [0.15, 0.2) is 0 Å². The van der Waals surface area contributed by atoms with E-state index >= 15 is 0 Å². The number of amides is 2. The second-order valence-corrected chi connectivity index (χ2v) is 12.8. The first-order valence-corrected chi connectivity index (χ1v) is 15.2. The molecule has 0 saturated carbocycles. The molecule has 0 fully saturated rings. The lowest BCUT2D eigenvalue weighted by atomic mass is 10.1. The predicted molar refractivity (Wildman–Crippen MR) is 161 cm³/mol. The second-order valence-electron chi connectivity index (χ2n) is 10.2. The summed E-state index contributed by atoms with van der Waals surface area (Å²) in [6.45, 7) is 9.32. The zero-order valence-electron chi connectivity index (χ0n) is 23.3. The van der Waals surface area contributed by atoms with Gasteiger partial charge in [0, 0.05) is 13.1 Å². The molecule has 0 unspecified atom stereocenters. The fourth-order valence-corrected chi connectivity index (χ4v) is 5.92. The largest absolute Gasteiger partial charge is 0.354 e. The van der Waals surface area contributed by atoms with Gasteiger partial charge in [0.25, 0.3) is 10.0 Å². The Bertz CT molecular complexity index is 1460. The average Bonchev–Trinajstić information content (AvgIpc) is 2.91. The normalized spacial score (nSPS) is 12.2. The van der Waals surface area contributed by atoms with E-state index in [4.69, 9.17) is 23.2 Å². The van der Waals surface area contributed by atoms with Crippen LogP contribution in [0.1, 0.15) is 37.5 Å². The number of benzene rings is 3. The minimum atomic E-state index is -4.24. The summed E-state index contributed by atoms with van der Waals surface area (Å²) in [6.07, 6.45) is 0. The molecule has 214 valence electrons. The number of anilines is 1. The lowest BCUT2D eigenvalue weighted by Crippen LogP contribution is -2.51. The zero-order valence-corrected chi connectivity index (χ0v) is 25.6. The molecular formula is C30H35Cl2N3O4S. The van der Waals surface area contributed by atoms with E-state index in [0.29, 0.717) is 6.54 Å². The monoisotopic (exact) mass is 603 g/mol. The molecule has 3 aromatic rings. The summed E-state index contributed by atoms with van der Waals surface area (Å²) in [5.41, 5.74) is 2.73. The van der Waals surface area contributed by atoms with Crippen molar-refractivity contribution in [3.05, 3.63) is 93.5 Å². The predicted octanol–water partition coefficient (Wildman–Crippen LogP) is 6.00. The first-order valence-electron chi connectivity index (χ1n) is 13.0. The van der Waals surface area contributed by atoms with Gasteiger partial charge in [-0.25, -0.2) is 8.42 Å². The third-order valence-corrected chi connectivity index (χ3v) is 9.12. The van der Waals surface area contributed by atoms with Crippen LogP contribution in [0.15, 0.2) is 71.6 Å². The van der Waals surface area contributed by atoms with Crippen molar-refractivity contribution in [1.82, 2.24) is 10.2 Å². The molecule has 3 rings (SSSR count). The molecule has 1 N–H and O–H groups in total. The minimum Gasteiger partial charge on any atom is -0.354 e. The topological polar surface area (TPSA) is 86.8 Å². The van der Waals surface area contributed by atoms with Gasteiger partial charge in [-0.3, -0.25) is 13.9 Å². The Kier molecular flexibility index (Phi) is 10.6. The highest BCUT2D eigenvalue weighted by Crippen LogP contribution is 2.35. The van der Waals surface area contributed by atoms with Crippen LogP contribution in [-0.4, -0.2) is 44.3 Å². The molecule has 3 aromatic carbocycles. The van der Waals surface area contributed by atoms with Crippen molar-refractivity contribution in [3.63, 3.8) is 0 Å². The van der Waals surface area contributed by atoms with Crippen LogP contribution < -0.4 is 9.62 Å². The van der Waals surface area contributed by atoms with Gasteiger partial charge in [0.1, 0.15) is 12.6 Å². The van der Waals surface area contributed by atoms with E-state index in [1.807, 2.05) is 52.0 Å². The van der Waals surface area contributed by atoms with Gasteiger partial charge in [0.05, 0.1) is 20.6 Å². The van der Waals surface area contributed by atoms with Crippen molar-refractivity contribution in [3.8, 4) is 0 Å². The smallest absolute Gasteiger partial charge is 0.264 e. The van der Waals surface area contributed by atoms with Gasteiger partial charge in [-0.05, 0) is 62.1 Å². The molecule has 10 heteroatoms. The van der Waals surface area contributed by atoms with Crippen LogP contribution in [0, 0.1) is 19.8 Å². The molecule has 0 aliphatic heterocycles. The van der Waals surface area contributed by atoms with E-state index < -0.39 is 28.5 Å². The van der Waals surface area contributed by atoms with Crippen LogP contribution in [0.25, 0.3) is 0 Å². The Morgan fingerprint density at radius 2 is 1.55 bits per heavy atom. The third-order valence-electron chi connectivity index (χ3n) is 6.54. The van der Waals surface area contributed by atoms with Crippen molar-refractivity contribution in [2.75, 3.05) is 17.4 Å². The molecule has 2 amide bonds. The Labute approximate surface area is 247 Å². The number of halogens is 2. The molecule has 1 atom stereocenters. The van der Waals surface area contributed by atoms with E-state index in [1.54, 1.807) is 25.1 Å². The molecule has 0 spiro atoms. The average molecular weight is 605 g/mol. The molecule has 0 heterocycles. The maximum Gasteiger partial charge on any atom is 0.264 e. The van der Waals surface area contributed by atoms with Crippen LogP contribution >= 0.6 is 23.2 Å². The van der Waals surface area contributed by atoms with Crippen molar-refractivity contribution in [1.29, 1.82) is 0 Å². The van der Waals surface area contributed by atoms with E-state index in [0.717, 1.165) is 21.0 Å². The molecular weight excluding hydrogens is 569 g/mol. The summed E-state index contributed by atoms with van der Waals surface area (Å²) in [5, 5.41) is 3.03. The minimum absolute atomic E-state index is 0.000770. The van der Waals surface area contributed by atoms with Crippen LogP contribution in [0.2, 0.25) is 10.0 Å². The van der Waals surface area contributed by atoms with Gasteiger partial charge >= 0.3 is 0 Å². The van der Waals surface area contributed by atoms with E-state index in [-0.39, 0.29) is 39.0 Å². The third kappa shape index (κ3) is 7.56. The van der Waals surface area contributed by atoms with Gasteiger partial charge in [-0.1, -0.05) is 85.1 Å². The van der Waals surface area contributed by atoms with Gasteiger partial charge in [-0.15, -0.1) is 0 Å². The molecule has 0 saturated heterocycles. The number of carbonyl (C=O) groups is 2. The fourth-order valence-electron chi connectivity index (χ4n) is 4.04. The van der Waals surface area contributed by atoms with Crippen molar-refractivity contribution in [2.24, 2.45) is 5.92 Å². The Hall–Kier alpha value is -3.07.